The van der Waals surface area contributed by atoms with Crippen molar-refractivity contribution < 1.29 is 14.2 Å². The van der Waals surface area contributed by atoms with Gasteiger partial charge in [0.15, 0.2) is 58.1 Å². The molecule has 138 heavy (non-hydrogen) atoms. The summed E-state index contributed by atoms with van der Waals surface area (Å²) in [5.41, 5.74) is 20.4. The van der Waals surface area contributed by atoms with Crippen LogP contribution in [0.5, 0.6) is 34.5 Å². The van der Waals surface area contributed by atoms with Crippen LogP contribution in [0, 0.1) is 29.2 Å². The number of rotatable bonds is 15. The van der Waals surface area contributed by atoms with Gasteiger partial charge in [-0.3, -0.25) is 0 Å². The number of hydrogen-bond donors (Lipinski definition) is 0. The Hall–Kier alpha value is -19.1. The number of para-hydroxylation sites is 4. The minimum Gasteiger partial charge on any atom is -0.457 e. The molecule has 15 nitrogen and oxygen atoms in total. The van der Waals surface area contributed by atoms with E-state index in [0.29, 0.717) is 75.0 Å². The average molecular weight is 1770 g/mol. The Labute approximate surface area is 797 Å². The molecule has 21 aromatic rings. The van der Waals surface area contributed by atoms with Crippen molar-refractivity contribution in [3.05, 3.63) is 562 Å². The van der Waals surface area contributed by atoms with E-state index < -0.39 is 16.2 Å². The second-order valence-electron chi connectivity index (χ2n) is 33.4. The summed E-state index contributed by atoms with van der Waals surface area (Å²) in [6.45, 7) is 7.34. The highest BCUT2D eigenvalue weighted by atomic mass is 16.5. The van der Waals surface area contributed by atoms with Crippen LogP contribution in [0.4, 0.5) is 5.69 Å². The van der Waals surface area contributed by atoms with E-state index in [1.54, 1.807) is 36.4 Å². The molecule has 3 aliphatic rings. The van der Waals surface area contributed by atoms with Crippen molar-refractivity contribution >= 4 is 5.69 Å². The molecule has 3 aromatic heterocycles. The summed E-state index contributed by atoms with van der Waals surface area (Å²) in [4.78, 5) is 48.1. The molecule has 648 valence electrons. The van der Waals surface area contributed by atoms with Gasteiger partial charge < -0.3 is 14.2 Å². The van der Waals surface area contributed by atoms with E-state index in [2.05, 4.69) is 241 Å². The van der Waals surface area contributed by atoms with Gasteiger partial charge >= 0.3 is 0 Å². The van der Waals surface area contributed by atoms with E-state index in [-0.39, 0.29) is 0 Å². The fourth-order valence-electron chi connectivity index (χ4n) is 19.2. The largest absolute Gasteiger partial charge is 0.457 e. The van der Waals surface area contributed by atoms with E-state index in [1.165, 1.54) is 0 Å². The molecule has 0 saturated heterocycles. The van der Waals surface area contributed by atoms with Gasteiger partial charge in [0.1, 0.15) is 34.5 Å². The van der Waals surface area contributed by atoms with Gasteiger partial charge in [-0.05, 0) is 130 Å². The van der Waals surface area contributed by atoms with Crippen LogP contribution < -0.4 is 14.2 Å². The Morgan fingerprint density at radius 1 is 0.203 bits per heavy atom. The molecule has 0 N–H and O–H groups in total. The molecule has 0 bridgehead atoms. The van der Waals surface area contributed by atoms with Crippen LogP contribution in [-0.4, -0.2) is 44.9 Å². The predicted molar refractivity (Wildman–Crippen MR) is 539 cm³/mol. The lowest BCUT2D eigenvalue weighted by Gasteiger charge is -2.42. The maximum atomic E-state index is 9.37. The molecular formula is C123H78N12O3. The fourth-order valence-corrected chi connectivity index (χ4v) is 19.2. The first-order valence-corrected chi connectivity index (χ1v) is 45.3. The first-order chi connectivity index (χ1) is 68.2. The summed E-state index contributed by atoms with van der Waals surface area (Å²) in [7, 11) is 0. The Balaban J connectivity index is 0.000000119. The molecule has 24 rings (SSSR count). The number of ether oxygens (including phenoxy) is 3. The van der Waals surface area contributed by atoms with Crippen LogP contribution in [0.3, 0.4) is 0 Å². The lowest BCUT2D eigenvalue weighted by molar-refractivity contribution is 0.434. The van der Waals surface area contributed by atoms with Crippen LogP contribution in [0.2, 0.25) is 0 Å². The molecule has 3 aliphatic heterocycles. The minimum atomic E-state index is -0.659. The van der Waals surface area contributed by atoms with Crippen LogP contribution >= 0.6 is 0 Å². The lowest BCUT2D eigenvalue weighted by atomic mass is 9.63. The third-order valence-electron chi connectivity index (χ3n) is 25.5. The highest BCUT2D eigenvalue weighted by Gasteiger charge is 2.49. The second-order valence-corrected chi connectivity index (χ2v) is 33.4. The van der Waals surface area contributed by atoms with Crippen molar-refractivity contribution in [2.45, 2.75) is 16.2 Å². The number of nitrogens with zero attached hydrogens (tertiary/aromatic N) is 12. The molecule has 0 radical (unpaired) electrons. The van der Waals surface area contributed by atoms with Crippen molar-refractivity contribution in [2.24, 2.45) is 0 Å². The maximum Gasteiger partial charge on any atom is 0.187 e. The molecular weight excluding hydrogens is 1690 g/mol. The summed E-state index contributed by atoms with van der Waals surface area (Å²) in [6.07, 6.45) is 0. The molecule has 0 amide bonds. The molecule has 0 fully saturated rings. The molecule has 0 unspecified atom stereocenters. The van der Waals surface area contributed by atoms with Gasteiger partial charge in [0.2, 0.25) is 0 Å². The van der Waals surface area contributed by atoms with Gasteiger partial charge in [-0.2, -0.15) is 10.5 Å². The van der Waals surface area contributed by atoms with Crippen LogP contribution in [-0.2, 0) is 16.2 Å². The predicted octanol–water partition coefficient (Wildman–Crippen LogP) is 28.4. The summed E-state index contributed by atoms with van der Waals surface area (Å²) in [5.74, 6) is 9.48. The molecule has 0 spiro atoms. The molecule has 18 aromatic carbocycles. The van der Waals surface area contributed by atoms with Crippen LogP contribution in [0.25, 0.3) is 107 Å². The van der Waals surface area contributed by atoms with Gasteiger partial charge in [0, 0.05) is 77.9 Å². The standard InChI is InChI=1S/3C41H26N4O/c1-42-33-24-21-29(22-25-33)39-43-38(28-13-5-2-6-14-28)44-40(45-39)30-23-26-35-37(27-30)46-36-20-12-11-19-34(36)41(35,31-15-7-3-8-16-31)32-17-9-4-10-18-32;42-27-28-23-25-30(26-24-28)39-43-38(29-13-4-1-5-14-29)44-40(45-39)33-19-12-21-35-37(33)46-36-22-11-10-20-34(36)41(35,31-15-6-2-7-16-31)32-17-8-3-9-18-32;42-27-28-20-22-30(23-21-28)39-43-38(29-12-4-1-5-13-29)44-40(45-39)31-24-25-37-35(26-31)41(32-14-6-2-7-15-32,33-16-8-3-9-17-33)34-18-10-11-19-36(34)46-37/h2-27H;2*1-26H. The van der Waals surface area contributed by atoms with Crippen LogP contribution in [0.1, 0.15) is 77.9 Å². The zero-order valence-corrected chi connectivity index (χ0v) is 74.1. The smallest absolute Gasteiger partial charge is 0.187 e. The van der Waals surface area contributed by atoms with E-state index >= 15 is 0 Å². The van der Waals surface area contributed by atoms with Gasteiger partial charge in [0.05, 0.1) is 51.6 Å². The summed E-state index contributed by atoms with van der Waals surface area (Å²) in [5, 5.41) is 18.7. The van der Waals surface area contributed by atoms with Gasteiger partial charge in [-0.1, -0.05) is 376 Å². The highest BCUT2D eigenvalue weighted by Crippen LogP contribution is 2.60. The summed E-state index contributed by atoms with van der Waals surface area (Å²) < 4.78 is 20.1. The highest BCUT2D eigenvalue weighted by molar-refractivity contribution is 5.82. The van der Waals surface area contributed by atoms with Crippen molar-refractivity contribution in [1.82, 2.24) is 44.9 Å². The van der Waals surface area contributed by atoms with Gasteiger partial charge in [-0.25, -0.2) is 49.7 Å². The first-order valence-electron chi connectivity index (χ1n) is 45.3. The summed E-state index contributed by atoms with van der Waals surface area (Å²) >= 11 is 0. The van der Waals surface area contributed by atoms with Gasteiger partial charge in [-0.15, -0.1) is 0 Å². The zero-order chi connectivity index (χ0) is 92.8. The van der Waals surface area contributed by atoms with E-state index in [9.17, 15) is 10.5 Å². The topological polar surface area (TPSA) is 196 Å². The van der Waals surface area contributed by atoms with Crippen molar-refractivity contribution in [1.29, 1.82) is 10.5 Å². The molecule has 0 aliphatic carbocycles. The van der Waals surface area contributed by atoms with Crippen LogP contribution in [0.15, 0.2) is 473 Å². The van der Waals surface area contributed by atoms with Crippen molar-refractivity contribution in [3.8, 4) is 149 Å². The number of aromatic nitrogens is 9. The monoisotopic (exact) mass is 1770 g/mol. The lowest BCUT2D eigenvalue weighted by Crippen LogP contribution is -2.34. The van der Waals surface area contributed by atoms with Crippen molar-refractivity contribution in [2.75, 3.05) is 0 Å². The zero-order valence-electron chi connectivity index (χ0n) is 74.1. The number of fused-ring (bicyclic) bond motifs is 6. The Morgan fingerprint density at radius 2 is 0.457 bits per heavy atom. The number of hydrogen-bond acceptors (Lipinski definition) is 14. The fraction of sp³-hybridized carbons (Fsp3) is 0.0244. The van der Waals surface area contributed by atoms with Gasteiger partial charge in [0.25, 0.3) is 0 Å². The first kappa shape index (κ1) is 84.4. The normalized spacial score (nSPS) is 12.7. The third-order valence-corrected chi connectivity index (χ3v) is 25.5. The molecule has 6 heterocycles. The van der Waals surface area contributed by atoms with E-state index in [1.807, 2.05) is 212 Å². The minimum absolute atomic E-state index is 0.500. The molecule has 15 heteroatoms. The quantitative estimate of drug-likeness (QED) is 0.0879. The molecule has 0 saturated carbocycles. The Morgan fingerprint density at radius 3 is 0.819 bits per heavy atom. The number of benzene rings is 18. The second kappa shape index (κ2) is 36.9. The molecule has 0 atom stereocenters. The van der Waals surface area contributed by atoms with Crippen molar-refractivity contribution in [3.63, 3.8) is 0 Å². The summed E-state index contributed by atoms with van der Waals surface area (Å²) in [6, 6.07) is 163. The van der Waals surface area contributed by atoms with E-state index in [0.717, 1.165) is 146 Å². The average Bonchev–Trinajstić information content (AvgIpc) is 0.716. The van der Waals surface area contributed by atoms with E-state index in [4.69, 9.17) is 65.6 Å². The number of nitriles is 2. The SMILES string of the molecule is N#Cc1ccc(-c2nc(-c3ccccc3)nc(-c3ccc4c(c3)C(c3ccccc3)(c3ccccc3)c3ccccc3O4)n2)cc1.N#Cc1ccc(-c2nc(-c3ccccc3)nc(-c3cccc4c3Oc3ccccc3C4(c3ccccc3)c3ccccc3)n2)cc1.[C-]#[N+]c1ccc(-c2nc(-c3ccccc3)nc(-c3ccc4c(c3)Oc3ccccc3C4(c3ccccc3)c3ccccc3)n2)cc1. The Bertz CT molecular complexity index is 8010. The maximum absolute atomic E-state index is 9.37. The Kier molecular flexibility index (Phi) is 22.6. The third kappa shape index (κ3) is 15.5.